The van der Waals surface area contributed by atoms with Crippen LogP contribution in [0.5, 0.6) is 0 Å². The first-order valence-electron chi connectivity index (χ1n) is 11.1. The summed E-state index contributed by atoms with van der Waals surface area (Å²) in [6.45, 7) is 4.55. The van der Waals surface area contributed by atoms with Gasteiger partial charge in [-0.15, -0.1) is 0 Å². The quantitative estimate of drug-likeness (QED) is 0.459. The highest BCUT2D eigenvalue weighted by Crippen LogP contribution is 2.36. The van der Waals surface area contributed by atoms with E-state index >= 15 is 0 Å². The Balaban J connectivity index is 1.48. The normalized spacial score (nSPS) is 16.8. The highest BCUT2D eigenvalue weighted by molar-refractivity contribution is 5.83. The van der Waals surface area contributed by atoms with E-state index in [-0.39, 0.29) is 11.2 Å². The summed E-state index contributed by atoms with van der Waals surface area (Å²) in [7, 11) is 2.11. The monoisotopic (exact) mass is 445 g/mol. The molecule has 3 aromatic rings. The van der Waals surface area contributed by atoms with Gasteiger partial charge in [0.15, 0.2) is 0 Å². The number of aryl methyl sites for hydroxylation is 1. The van der Waals surface area contributed by atoms with Crippen molar-refractivity contribution in [3.05, 3.63) is 65.1 Å². The van der Waals surface area contributed by atoms with Crippen LogP contribution in [0.2, 0.25) is 0 Å². The minimum atomic E-state index is -2.46. The standard InChI is InChI=1S/C25H30F3N3O/c1-18-13-19(24-20(14-18)15-29-31(24)16-23(27)28)7-12-32-17-25(8-10-30(2)11-9-25)21-3-5-22(26)6-4-21/h3-6,13-15,23H,7-12,16-17H2,1-2H3. The maximum atomic E-state index is 13.5. The molecule has 1 fully saturated rings. The van der Waals surface area contributed by atoms with Crippen LogP contribution in [0.4, 0.5) is 13.2 Å². The van der Waals surface area contributed by atoms with E-state index in [0.717, 1.165) is 53.5 Å². The second-order valence-electron chi connectivity index (χ2n) is 8.97. The Morgan fingerprint density at radius 3 is 2.53 bits per heavy atom. The van der Waals surface area contributed by atoms with E-state index in [4.69, 9.17) is 4.74 Å². The summed E-state index contributed by atoms with van der Waals surface area (Å²) in [5.74, 6) is -0.235. The predicted octanol–water partition coefficient (Wildman–Crippen LogP) is 4.97. The molecular weight excluding hydrogens is 415 g/mol. The molecule has 0 radical (unpaired) electrons. The first-order valence-corrected chi connectivity index (χ1v) is 11.1. The molecule has 4 rings (SSSR count). The molecule has 32 heavy (non-hydrogen) atoms. The lowest BCUT2D eigenvalue weighted by Gasteiger charge is -2.41. The number of likely N-dealkylation sites (tertiary alicyclic amines) is 1. The van der Waals surface area contributed by atoms with E-state index in [1.54, 1.807) is 6.20 Å². The Hall–Kier alpha value is -2.38. The number of halogens is 3. The first-order chi connectivity index (χ1) is 15.4. The number of ether oxygens (including phenoxy) is 1. The summed E-state index contributed by atoms with van der Waals surface area (Å²) >= 11 is 0. The number of hydrogen-bond acceptors (Lipinski definition) is 3. The van der Waals surface area contributed by atoms with Gasteiger partial charge in [0.05, 0.1) is 24.9 Å². The van der Waals surface area contributed by atoms with Crippen LogP contribution in [-0.4, -0.2) is 54.5 Å². The molecule has 2 aromatic carbocycles. The molecule has 1 aliphatic rings. The molecule has 0 amide bonds. The molecule has 0 aliphatic carbocycles. The fourth-order valence-electron chi connectivity index (χ4n) is 4.76. The van der Waals surface area contributed by atoms with Crippen LogP contribution in [0, 0.1) is 12.7 Å². The van der Waals surface area contributed by atoms with Crippen molar-refractivity contribution in [2.45, 2.75) is 44.6 Å². The van der Waals surface area contributed by atoms with Gasteiger partial charge < -0.3 is 9.64 Å². The third-order valence-corrected chi connectivity index (χ3v) is 6.56. The molecule has 172 valence electrons. The van der Waals surface area contributed by atoms with Crippen molar-refractivity contribution in [1.29, 1.82) is 0 Å². The molecule has 0 unspecified atom stereocenters. The molecule has 7 heteroatoms. The minimum Gasteiger partial charge on any atom is -0.380 e. The summed E-state index contributed by atoms with van der Waals surface area (Å²) in [6.07, 6.45) is 1.71. The highest BCUT2D eigenvalue weighted by Gasteiger charge is 2.35. The molecule has 0 spiro atoms. The third-order valence-electron chi connectivity index (χ3n) is 6.56. The number of fused-ring (bicyclic) bond motifs is 1. The fraction of sp³-hybridized carbons (Fsp3) is 0.480. The molecule has 2 heterocycles. The summed E-state index contributed by atoms with van der Waals surface area (Å²) in [4.78, 5) is 2.30. The summed E-state index contributed by atoms with van der Waals surface area (Å²) in [6, 6.07) is 10.8. The lowest BCUT2D eigenvalue weighted by atomic mass is 9.73. The number of hydrogen-bond donors (Lipinski definition) is 0. The van der Waals surface area contributed by atoms with Crippen molar-refractivity contribution in [3.63, 3.8) is 0 Å². The van der Waals surface area contributed by atoms with Crippen molar-refractivity contribution >= 4 is 10.9 Å². The van der Waals surface area contributed by atoms with Crippen molar-refractivity contribution in [3.8, 4) is 0 Å². The van der Waals surface area contributed by atoms with Gasteiger partial charge in [-0.3, -0.25) is 4.68 Å². The predicted molar refractivity (Wildman–Crippen MR) is 120 cm³/mol. The van der Waals surface area contributed by atoms with Gasteiger partial charge in [0.2, 0.25) is 0 Å². The zero-order chi connectivity index (χ0) is 22.7. The topological polar surface area (TPSA) is 30.3 Å². The van der Waals surface area contributed by atoms with Gasteiger partial charge in [0.1, 0.15) is 12.4 Å². The maximum absolute atomic E-state index is 13.5. The average molecular weight is 446 g/mol. The van der Waals surface area contributed by atoms with E-state index in [1.807, 2.05) is 31.2 Å². The molecule has 0 bridgehead atoms. The van der Waals surface area contributed by atoms with Crippen LogP contribution >= 0.6 is 0 Å². The largest absolute Gasteiger partial charge is 0.380 e. The molecule has 1 saturated heterocycles. The lowest BCUT2D eigenvalue weighted by Crippen LogP contribution is -2.44. The van der Waals surface area contributed by atoms with Crippen molar-refractivity contribution in [2.75, 3.05) is 33.4 Å². The average Bonchev–Trinajstić information content (AvgIpc) is 3.15. The lowest BCUT2D eigenvalue weighted by molar-refractivity contribution is 0.0513. The summed E-state index contributed by atoms with van der Waals surface area (Å²) in [5, 5.41) is 5.04. The van der Waals surface area contributed by atoms with E-state index in [2.05, 4.69) is 17.0 Å². The van der Waals surface area contributed by atoms with E-state index in [0.29, 0.717) is 19.6 Å². The number of alkyl halides is 2. The highest BCUT2D eigenvalue weighted by atomic mass is 19.3. The van der Waals surface area contributed by atoms with Gasteiger partial charge in [-0.25, -0.2) is 13.2 Å². The van der Waals surface area contributed by atoms with Gasteiger partial charge in [-0.2, -0.15) is 5.10 Å². The minimum absolute atomic E-state index is 0.139. The van der Waals surface area contributed by atoms with Crippen LogP contribution in [0.3, 0.4) is 0 Å². The SMILES string of the molecule is Cc1cc(CCOCC2(c3ccc(F)cc3)CCN(C)CC2)c2c(cnn2CC(F)F)c1. The Bertz CT molecular complexity index is 1040. The second kappa shape index (κ2) is 9.63. The van der Waals surface area contributed by atoms with Crippen molar-refractivity contribution in [2.24, 2.45) is 0 Å². The van der Waals surface area contributed by atoms with Gasteiger partial charge in [0, 0.05) is 10.8 Å². The summed E-state index contributed by atoms with van der Waals surface area (Å²) < 4.78 is 47.1. The fourth-order valence-corrected chi connectivity index (χ4v) is 4.76. The van der Waals surface area contributed by atoms with Gasteiger partial charge >= 0.3 is 0 Å². The van der Waals surface area contributed by atoms with E-state index in [9.17, 15) is 13.2 Å². The van der Waals surface area contributed by atoms with Crippen molar-refractivity contribution in [1.82, 2.24) is 14.7 Å². The van der Waals surface area contributed by atoms with Crippen LogP contribution in [0.1, 0.15) is 29.5 Å². The third kappa shape index (κ3) is 4.99. The van der Waals surface area contributed by atoms with Crippen LogP contribution < -0.4 is 0 Å². The van der Waals surface area contributed by atoms with Crippen molar-refractivity contribution < 1.29 is 17.9 Å². The molecule has 1 aromatic heterocycles. The number of nitrogens with zero attached hydrogens (tertiary/aromatic N) is 3. The Labute approximate surface area is 187 Å². The zero-order valence-corrected chi connectivity index (χ0v) is 18.7. The second-order valence-corrected chi connectivity index (χ2v) is 8.97. The zero-order valence-electron chi connectivity index (χ0n) is 18.7. The van der Waals surface area contributed by atoms with Crippen LogP contribution in [0.15, 0.2) is 42.6 Å². The van der Waals surface area contributed by atoms with Gasteiger partial charge in [-0.1, -0.05) is 23.8 Å². The van der Waals surface area contributed by atoms with E-state index < -0.39 is 13.0 Å². The van der Waals surface area contributed by atoms with Crippen LogP contribution in [-0.2, 0) is 23.1 Å². The number of rotatable bonds is 8. The number of benzene rings is 2. The molecule has 0 N–H and O–H groups in total. The van der Waals surface area contributed by atoms with E-state index in [1.165, 1.54) is 16.8 Å². The van der Waals surface area contributed by atoms with Crippen LogP contribution in [0.25, 0.3) is 10.9 Å². The smallest absolute Gasteiger partial charge is 0.257 e. The molecule has 1 aliphatic heterocycles. The maximum Gasteiger partial charge on any atom is 0.257 e. The molecule has 0 saturated carbocycles. The molecular formula is C25H30F3N3O. The van der Waals surface area contributed by atoms with Gasteiger partial charge in [0.25, 0.3) is 6.43 Å². The summed E-state index contributed by atoms with van der Waals surface area (Å²) in [5.41, 5.74) is 3.77. The number of piperidine rings is 1. The Morgan fingerprint density at radius 2 is 1.84 bits per heavy atom. The Kier molecular flexibility index (Phi) is 6.86. The first kappa shape index (κ1) is 22.8. The molecule has 0 atom stereocenters. The number of aromatic nitrogens is 2. The molecule has 4 nitrogen and oxygen atoms in total. The Morgan fingerprint density at radius 1 is 1.12 bits per heavy atom. The van der Waals surface area contributed by atoms with Gasteiger partial charge in [-0.05, 0) is 75.6 Å².